The van der Waals surface area contributed by atoms with E-state index in [1.54, 1.807) is 11.8 Å². The third kappa shape index (κ3) is 3.99. The fraction of sp³-hybridized carbons (Fsp3) is 0.320. The molecule has 5 rings (SSSR count). The van der Waals surface area contributed by atoms with Crippen LogP contribution in [-0.4, -0.2) is 36.3 Å². The van der Waals surface area contributed by atoms with Gasteiger partial charge in [-0.15, -0.1) is 11.8 Å². The van der Waals surface area contributed by atoms with Crippen molar-refractivity contribution in [1.29, 1.82) is 0 Å². The second-order valence-electron chi connectivity index (χ2n) is 7.80. The van der Waals surface area contributed by atoms with E-state index in [9.17, 15) is 4.79 Å². The zero-order chi connectivity index (χ0) is 20.3. The normalized spacial score (nSPS) is 18.4. The van der Waals surface area contributed by atoms with E-state index in [1.807, 2.05) is 23.1 Å². The quantitative estimate of drug-likeness (QED) is 0.527. The number of likely N-dealkylation sites (tertiary alicyclic amines) is 1. The van der Waals surface area contributed by atoms with Gasteiger partial charge >= 0.3 is 0 Å². The smallest absolute Gasteiger partial charge is 0.233 e. The molecule has 3 aromatic rings. The largest absolute Gasteiger partial charge is 0.490 e. The van der Waals surface area contributed by atoms with Gasteiger partial charge in [0.2, 0.25) is 5.91 Å². The van der Waals surface area contributed by atoms with Crippen molar-refractivity contribution in [2.45, 2.75) is 30.2 Å². The van der Waals surface area contributed by atoms with Gasteiger partial charge in [0.05, 0.1) is 25.0 Å². The van der Waals surface area contributed by atoms with Crippen molar-refractivity contribution < 1.29 is 14.3 Å². The Kier molecular flexibility index (Phi) is 5.54. The van der Waals surface area contributed by atoms with E-state index in [4.69, 9.17) is 9.47 Å². The Morgan fingerprint density at radius 1 is 0.933 bits per heavy atom. The lowest BCUT2D eigenvalue weighted by molar-refractivity contribution is -0.129. The molecule has 0 N–H and O–H groups in total. The van der Waals surface area contributed by atoms with Crippen molar-refractivity contribution in [3.05, 3.63) is 66.2 Å². The van der Waals surface area contributed by atoms with Crippen LogP contribution in [0.5, 0.6) is 11.5 Å². The van der Waals surface area contributed by atoms with Gasteiger partial charge in [-0.1, -0.05) is 36.4 Å². The van der Waals surface area contributed by atoms with Crippen LogP contribution >= 0.6 is 11.8 Å². The van der Waals surface area contributed by atoms with Crippen molar-refractivity contribution in [3.63, 3.8) is 0 Å². The van der Waals surface area contributed by atoms with E-state index < -0.39 is 0 Å². The van der Waals surface area contributed by atoms with E-state index in [-0.39, 0.29) is 11.9 Å². The minimum absolute atomic E-state index is 0.117. The van der Waals surface area contributed by atoms with Gasteiger partial charge in [-0.05, 0) is 53.4 Å². The molecule has 30 heavy (non-hydrogen) atoms. The number of ether oxygens (including phenoxy) is 2. The van der Waals surface area contributed by atoms with Crippen LogP contribution in [0, 0.1) is 0 Å². The predicted octanol–water partition coefficient (Wildman–Crippen LogP) is 5.46. The molecule has 2 aliphatic heterocycles. The molecule has 5 heteroatoms. The average molecular weight is 420 g/mol. The van der Waals surface area contributed by atoms with E-state index in [0.717, 1.165) is 47.8 Å². The first-order chi connectivity index (χ1) is 14.8. The standard InChI is InChI=1S/C25H25NO3S/c27-25(17-30-21-10-8-18-5-1-2-6-19(18)15-21)26-12-3-7-22(26)20-9-11-23-24(16-20)29-14-4-13-28-23/h1-2,5-6,8-11,15-16,22H,3-4,7,12-14,17H2/t22-/m0/s1. The van der Waals surface area contributed by atoms with Crippen molar-refractivity contribution >= 4 is 28.4 Å². The van der Waals surface area contributed by atoms with Crippen LogP contribution in [0.25, 0.3) is 10.8 Å². The zero-order valence-electron chi connectivity index (χ0n) is 16.9. The molecule has 154 valence electrons. The Morgan fingerprint density at radius 2 is 1.77 bits per heavy atom. The summed E-state index contributed by atoms with van der Waals surface area (Å²) in [5.41, 5.74) is 1.14. The summed E-state index contributed by atoms with van der Waals surface area (Å²) < 4.78 is 11.6. The lowest BCUT2D eigenvalue weighted by Crippen LogP contribution is -2.32. The Labute approximate surface area is 181 Å². The number of fused-ring (bicyclic) bond motifs is 2. The topological polar surface area (TPSA) is 38.8 Å². The molecular formula is C25H25NO3S. The molecule has 0 saturated carbocycles. The molecule has 1 atom stereocenters. The summed E-state index contributed by atoms with van der Waals surface area (Å²) in [5.74, 6) is 2.26. The van der Waals surface area contributed by atoms with Crippen LogP contribution in [0.2, 0.25) is 0 Å². The summed E-state index contributed by atoms with van der Waals surface area (Å²) >= 11 is 1.62. The highest BCUT2D eigenvalue weighted by Crippen LogP contribution is 2.38. The Balaban J connectivity index is 1.28. The molecule has 4 nitrogen and oxygen atoms in total. The molecular weight excluding hydrogens is 394 g/mol. The lowest BCUT2D eigenvalue weighted by Gasteiger charge is -2.25. The van der Waals surface area contributed by atoms with Crippen molar-refractivity contribution in [2.24, 2.45) is 0 Å². The number of carbonyl (C=O) groups excluding carboxylic acids is 1. The van der Waals surface area contributed by atoms with Gasteiger partial charge in [0.15, 0.2) is 11.5 Å². The summed E-state index contributed by atoms with van der Waals surface area (Å²) in [6.07, 6.45) is 2.92. The van der Waals surface area contributed by atoms with Gasteiger partial charge in [-0.3, -0.25) is 4.79 Å². The predicted molar refractivity (Wildman–Crippen MR) is 120 cm³/mol. The van der Waals surface area contributed by atoms with Crippen LogP contribution in [0.3, 0.4) is 0 Å². The highest BCUT2D eigenvalue weighted by atomic mass is 32.2. The first-order valence-corrected chi connectivity index (χ1v) is 11.6. The fourth-order valence-corrected chi connectivity index (χ4v) is 5.11. The van der Waals surface area contributed by atoms with Gasteiger partial charge in [0, 0.05) is 17.9 Å². The molecule has 0 bridgehead atoms. The molecule has 3 aromatic carbocycles. The van der Waals surface area contributed by atoms with Gasteiger partial charge in [-0.2, -0.15) is 0 Å². The Hall–Kier alpha value is -2.66. The first kappa shape index (κ1) is 19.3. The van der Waals surface area contributed by atoms with E-state index >= 15 is 0 Å². The molecule has 2 heterocycles. The third-order valence-electron chi connectivity index (χ3n) is 5.81. The van der Waals surface area contributed by atoms with Gasteiger partial charge < -0.3 is 14.4 Å². The number of thioether (sulfide) groups is 1. The number of hydrogen-bond acceptors (Lipinski definition) is 4. The van der Waals surface area contributed by atoms with Crippen LogP contribution in [0.1, 0.15) is 30.9 Å². The molecule has 1 saturated heterocycles. The average Bonchev–Trinajstić information content (AvgIpc) is 3.16. The first-order valence-electron chi connectivity index (χ1n) is 10.6. The van der Waals surface area contributed by atoms with Crippen molar-refractivity contribution in [3.8, 4) is 11.5 Å². The maximum Gasteiger partial charge on any atom is 0.233 e. The molecule has 0 radical (unpaired) electrons. The summed E-state index contributed by atoms with van der Waals surface area (Å²) in [6, 6.07) is 21.0. The van der Waals surface area contributed by atoms with Crippen LogP contribution in [0.15, 0.2) is 65.6 Å². The van der Waals surface area contributed by atoms with Crippen LogP contribution in [-0.2, 0) is 4.79 Å². The second-order valence-corrected chi connectivity index (χ2v) is 8.85. The number of hydrogen-bond donors (Lipinski definition) is 0. The van der Waals surface area contributed by atoms with Crippen LogP contribution in [0.4, 0.5) is 0 Å². The summed E-state index contributed by atoms with van der Waals surface area (Å²) in [5, 5.41) is 2.43. The highest BCUT2D eigenvalue weighted by Gasteiger charge is 2.30. The van der Waals surface area contributed by atoms with Gasteiger partial charge in [0.1, 0.15) is 0 Å². The number of benzene rings is 3. The number of carbonyl (C=O) groups is 1. The van der Waals surface area contributed by atoms with E-state index in [0.29, 0.717) is 19.0 Å². The van der Waals surface area contributed by atoms with Gasteiger partial charge in [0.25, 0.3) is 0 Å². The zero-order valence-corrected chi connectivity index (χ0v) is 17.7. The summed E-state index contributed by atoms with van der Waals surface area (Å²) in [4.78, 5) is 16.2. The minimum atomic E-state index is 0.117. The van der Waals surface area contributed by atoms with Gasteiger partial charge in [-0.25, -0.2) is 0 Å². The maximum atomic E-state index is 13.1. The number of nitrogens with zero attached hydrogens (tertiary/aromatic N) is 1. The third-order valence-corrected chi connectivity index (χ3v) is 6.79. The monoisotopic (exact) mass is 419 g/mol. The number of amides is 1. The maximum absolute atomic E-state index is 13.1. The summed E-state index contributed by atoms with van der Waals surface area (Å²) in [7, 11) is 0. The highest BCUT2D eigenvalue weighted by molar-refractivity contribution is 8.00. The molecule has 0 spiro atoms. The van der Waals surface area contributed by atoms with Crippen molar-refractivity contribution in [2.75, 3.05) is 25.5 Å². The summed E-state index contributed by atoms with van der Waals surface area (Å²) in [6.45, 7) is 2.18. The SMILES string of the molecule is O=C(CSc1ccc2ccccc2c1)N1CCC[C@H]1c1ccc2c(c1)OCCCO2. The second kappa shape index (κ2) is 8.60. The molecule has 0 aliphatic carbocycles. The lowest BCUT2D eigenvalue weighted by atomic mass is 10.0. The molecule has 0 aromatic heterocycles. The fourth-order valence-electron chi connectivity index (χ4n) is 4.28. The Morgan fingerprint density at radius 3 is 2.67 bits per heavy atom. The molecule has 1 amide bonds. The molecule has 2 aliphatic rings. The number of rotatable bonds is 4. The minimum Gasteiger partial charge on any atom is -0.490 e. The van der Waals surface area contributed by atoms with E-state index in [2.05, 4.69) is 42.5 Å². The molecule has 0 unspecified atom stereocenters. The van der Waals surface area contributed by atoms with Crippen LogP contribution < -0.4 is 9.47 Å². The van der Waals surface area contributed by atoms with E-state index in [1.165, 1.54) is 10.8 Å². The van der Waals surface area contributed by atoms with Crippen molar-refractivity contribution in [1.82, 2.24) is 4.90 Å². The Bertz CT molecular complexity index is 1070. The molecule has 1 fully saturated rings.